The van der Waals surface area contributed by atoms with Gasteiger partial charge < -0.3 is 9.94 Å². The molecule has 0 radical (unpaired) electrons. The van der Waals surface area contributed by atoms with E-state index in [1.54, 1.807) is 35.4 Å². The molecule has 2 aromatic carbocycles. The van der Waals surface area contributed by atoms with Crippen molar-refractivity contribution in [2.45, 2.75) is 52.9 Å². The minimum atomic E-state index is -0.499. The Labute approximate surface area is 173 Å². The lowest BCUT2D eigenvalue weighted by Crippen LogP contribution is -2.27. The molecule has 156 valence electrons. The van der Waals surface area contributed by atoms with Gasteiger partial charge in [0.15, 0.2) is 5.78 Å². The van der Waals surface area contributed by atoms with E-state index in [9.17, 15) is 14.7 Å². The smallest absolute Gasteiger partial charge is 0.357 e. The predicted molar refractivity (Wildman–Crippen MR) is 114 cm³/mol. The van der Waals surface area contributed by atoms with E-state index in [0.717, 1.165) is 25.7 Å². The quantitative estimate of drug-likeness (QED) is 0.322. The zero-order valence-electron chi connectivity index (χ0n) is 17.6. The van der Waals surface area contributed by atoms with Crippen LogP contribution in [0.25, 0.3) is 0 Å². The van der Waals surface area contributed by atoms with Crippen LogP contribution in [-0.4, -0.2) is 35.0 Å². The van der Waals surface area contributed by atoms with Gasteiger partial charge in [0.25, 0.3) is 0 Å². The molecule has 0 heterocycles. The summed E-state index contributed by atoms with van der Waals surface area (Å²) in [5, 5.41) is 12.1. The number of nitrogens with zero attached hydrogens (tertiary/aromatic N) is 1. The molecule has 2 rings (SSSR count). The van der Waals surface area contributed by atoms with Crippen LogP contribution >= 0.6 is 0 Å². The number of phenols is 1. The molecule has 5 nitrogen and oxygen atoms in total. The molecule has 29 heavy (non-hydrogen) atoms. The van der Waals surface area contributed by atoms with Gasteiger partial charge in [0.05, 0.1) is 11.1 Å². The second kappa shape index (κ2) is 11.4. The summed E-state index contributed by atoms with van der Waals surface area (Å²) in [5.74, 6) is -0.892. The summed E-state index contributed by atoms with van der Waals surface area (Å²) in [6, 6.07) is 11.8. The molecule has 0 aromatic heterocycles. The maximum absolute atomic E-state index is 13.2. The van der Waals surface area contributed by atoms with Crippen LogP contribution < -0.4 is 0 Å². The van der Waals surface area contributed by atoms with Gasteiger partial charge in [-0.2, -0.15) is 0 Å². The van der Waals surface area contributed by atoms with E-state index in [-0.39, 0.29) is 17.1 Å². The van der Waals surface area contributed by atoms with Crippen molar-refractivity contribution in [1.82, 2.24) is 5.06 Å². The van der Waals surface area contributed by atoms with Crippen molar-refractivity contribution in [3.05, 3.63) is 64.7 Å². The second-order valence-electron chi connectivity index (χ2n) is 6.98. The summed E-state index contributed by atoms with van der Waals surface area (Å²) >= 11 is 0. The van der Waals surface area contributed by atoms with E-state index in [2.05, 4.69) is 6.92 Å². The van der Waals surface area contributed by atoms with Crippen LogP contribution in [0, 0.1) is 0 Å². The SMILES string of the molecule is CCCCCCc1c(C(=O)ON(CC)CC)ccc(O)c1C(=O)c1ccccc1. The number of phenolic OH excluding ortho intramolecular Hbond substituents is 1. The van der Waals surface area contributed by atoms with Crippen molar-refractivity contribution in [3.8, 4) is 5.75 Å². The molecule has 2 aromatic rings. The first-order valence-corrected chi connectivity index (χ1v) is 10.4. The van der Waals surface area contributed by atoms with Gasteiger partial charge in [-0.1, -0.05) is 56.5 Å². The van der Waals surface area contributed by atoms with E-state index in [0.29, 0.717) is 36.2 Å². The molecule has 0 bridgehead atoms. The molecule has 0 spiro atoms. The number of rotatable bonds is 11. The Morgan fingerprint density at radius 1 is 0.931 bits per heavy atom. The van der Waals surface area contributed by atoms with Crippen molar-refractivity contribution in [1.29, 1.82) is 0 Å². The lowest BCUT2D eigenvalue weighted by Gasteiger charge is -2.20. The van der Waals surface area contributed by atoms with Crippen molar-refractivity contribution in [2.24, 2.45) is 0 Å². The lowest BCUT2D eigenvalue weighted by molar-refractivity contribution is -0.103. The third kappa shape index (κ3) is 5.91. The monoisotopic (exact) mass is 397 g/mol. The number of hydrogen-bond donors (Lipinski definition) is 1. The largest absolute Gasteiger partial charge is 0.507 e. The highest BCUT2D eigenvalue weighted by molar-refractivity contribution is 6.13. The summed E-state index contributed by atoms with van der Waals surface area (Å²) in [6.45, 7) is 7.09. The maximum atomic E-state index is 13.2. The van der Waals surface area contributed by atoms with Gasteiger partial charge in [0, 0.05) is 18.7 Å². The number of carbonyl (C=O) groups excluding carboxylic acids is 2. The Kier molecular flexibility index (Phi) is 8.87. The van der Waals surface area contributed by atoms with Crippen molar-refractivity contribution in [2.75, 3.05) is 13.1 Å². The molecule has 0 aliphatic rings. The molecule has 5 heteroatoms. The third-order valence-corrected chi connectivity index (χ3v) is 4.97. The zero-order chi connectivity index (χ0) is 21.2. The summed E-state index contributed by atoms with van der Waals surface area (Å²) in [6.07, 6.45) is 4.53. The fraction of sp³-hybridized carbons (Fsp3) is 0.417. The van der Waals surface area contributed by atoms with Crippen molar-refractivity contribution < 1.29 is 19.5 Å². The number of carbonyl (C=O) groups is 2. The molecule has 0 atom stereocenters. The zero-order valence-corrected chi connectivity index (χ0v) is 17.6. The van der Waals surface area contributed by atoms with E-state index in [4.69, 9.17) is 4.84 Å². The molecular formula is C24H31NO4. The van der Waals surface area contributed by atoms with Crippen LogP contribution in [0.4, 0.5) is 0 Å². The van der Waals surface area contributed by atoms with Crippen LogP contribution in [-0.2, 0) is 11.3 Å². The van der Waals surface area contributed by atoms with Crippen LogP contribution in [0.3, 0.4) is 0 Å². The van der Waals surface area contributed by atoms with Gasteiger partial charge in [0.1, 0.15) is 5.75 Å². The van der Waals surface area contributed by atoms with Crippen molar-refractivity contribution >= 4 is 11.8 Å². The van der Waals surface area contributed by atoms with Gasteiger partial charge in [-0.25, -0.2) is 4.79 Å². The number of hydrogen-bond acceptors (Lipinski definition) is 5. The maximum Gasteiger partial charge on any atom is 0.357 e. The standard InChI is InChI=1S/C24H31NO4/c1-4-7-8-12-15-19-20(24(28)29-25(5-2)6-3)16-17-21(26)22(19)23(27)18-13-10-9-11-14-18/h9-11,13-14,16-17,26H,4-8,12,15H2,1-3H3. The summed E-state index contributed by atoms with van der Waals surface area (Å²) in [7, 11) is 0. The minimum Gasteiger partial charge on any atom is -0.507 e. The number of ketones is 1. The molecule has 0 unspecified atom stereocenters. The van der Waals surface area contributed by atoms with Gasteiger partial charge in [-0.3, -0.25) is 4.79 Å². The number of aromatic hydroxyl groups is 1. The Morgan fingerprint density at radius 3 is 2.24 bits per heavy atom. The molecule has 1 N–H and O–H groups in total. The van der Waals surface area contributed by atoms with Crippen molar-refractivity contribution in [3.63, 3.8) is 0 Å². The van der Waals surface area contributed by atoms with Gasteiger partial charge in [-0.15, -0.1) is 5.06 Å². The molecule has 0 aliphatic carbocycles. The van der Waals surface area contributed by atoms with E-state index < -0.39 is 5.97 Å². The highest BCUT2D eigenvalue weighted by Crippen LogP contribution is 2.30. The average molecular weight is 398 g/mol. The third-order valence-electron chi connectivity index (χ3n) is 4.97. The molecular weight excluding hydrogens is 366 g/mol. The molecule has 0 aliphatic heterocycles. The number of unbranched alkanes of at least 4 members (excludes halogenated alkanes) is 3. The Hall–Kier alpha value is -2.66. The fourth-order valence-corrected chi connectivity index (χ4v) is 3.32. The van der Waals surface area contributed by atoms with Crippen LogP contribution in [0.2, 0.25) is 0 Å². The molecule has 0 amide bonds. The van der Waals surface area contributed by atoms with E-state index in [1.807, 2.05) is 19.9 Å². The average Bonchev–Trinajstić information content (AvgIpc) is 2.75. The summed E-state index contributed by atoms with van der Waals surface area (Å²) in [5.41, 5.74) is 1.58. The Bertz CT molecular complexity index is 813. The highest BCUT2D eigenvalue weighted by atomic mass is 16.7. The lowest BCUT2D eigenvalue weighted by atomic mass is 9.90. The normalized spacial score (nSPS) is 10.9. The molecule has 0 saturated heterocycles. The second-order valence-corrected chi connectivity index (χ2v) is 6.98. The Morgan fingerprint density at radius 2 is 1.62 bits per heavy atom. The highest BCUT2D eigenvalue weighted by Gasteiger charge is 2.25. The topological polar surface area (TPSA) is 66.8 Å². The first kappa shape index (κ1) is 22.6. The van der Waals surface area contributed by atoms with Gasteiger partial charge >= 0.3 is 5.97 Å². The first-order valence-electron chi connectivity index (χ1n) is 10.4. The van der Waals surface area contributed by atoms with Crippen LogP contribution in [0.1, 0.15) is 78.3 Å². The van der Waals surface area contributed by atoms with Crippen LogP contribution in [0.5, 0.6) is 5.75 Å². The fourth-order valence-electron chi connectivity index (χ4n) is 3.32. The predicted octanol–water partition coefficient (Wildman–Crippen LogP) is 5.16. The van der Waals surface area contributed by atoms with Gasteiger partial charge in [0.2, 0.25) is 0 Å². The molecule has 0 saturated carbocycles. The summed E-state index contributed by atoms with van der Waals surface area (Å²) < 4.78 is 0. The van der Waals surface area contributed by atoms with Gasteiger partial charge in [-0.05, 0) is 44.4 Å². The van der Waals surface area contributed by atoms with E-state index >= 15 is 0 Å². The molecule has 0 fully saturated rings. The number of hydroxylamine groups is 2. The Balaban J connectivity index is 2.47. The van der Waals surface area contributed by atoms with Crippen LogP contribution in [0.15, 0.2) is 42.5 Å². The first-order chi connectivity index (χ1) is 14.0. The van der Waals surface area contributed by atoms with E-state index in [1.165, 1.54) is 6.07 Å². The number of benzene rings is 2. The minimum absolute atomic E-state index is 0.108. The summed E-state index contributed by atoms with van der Waals surface area (Å²) in [4.78, 5) is 31.5.